The van der Waals surface area contributed by atoms with Crippen LogP contribution in [0.3, 0.4) is 0 Å². The Labute approximate surface area is 119 Å². The van der Waals surface area contributed by atoms with Crippen LogP contribution in [0.4, 0.5) is 5.69 Å². The Morgan fingerprint density at radius 2 is 2.11 bits per heavy atom. The summed E-state index contributed by atoms with van der Waals surface area (Å²) in [5, 5.41) is 8.69. The summed E-state index contributed by atoms with van der Waals surface area (Å²) in [7, 11) is 1.95. The summed E-state index contributed by atoms with van der Waals surface area (Å²) in [6, 6.07) is 5.93. The van der Waals surface area contributed by atoms with Crippen molar-refractivity contribution in [1.82, 2.24) is 9.78 Å². The molecule has 2 aromatic rings. The summed E-state index contributed by atoms with van der Waals surface area (Å²) in [5.41, 5.74) is 4.52. The van der Waals surface area contributed by atoms with Crippen LogP contribution < -0.4 is 5.32 Å². The van der Waals surface area contributed by atoms with Crippen LogP contribution in [0.15, 0.2) is 24.4 Å². The van der Waals surface area contributed by atoms with Crippen LogP contribution in [-0.4, -0.2) is 9.78 Å². The van der Waals surface area contributed by atoms with Gasteiger partial charge in [0.1, 0.15) is 0 Å². The third-order valence-electron chi connectivity index (χ3n) is 3.16. The largest absolute Gasteiger partial charge is 0.379 e. The first-order valence-corrected chi connectivity index (χ1v) is 6.88. The Kier molecular flexibility index (Phi) is 4.15. The maximum absolute atomic E-state index is 6.22. The molecule has 0 fully saturated rings. The summed E-state index contributed by atoms with van der Waals surface area (Å²) >= 11 is 6.22. The first-order valence-electron chi connectivity index (χ1n) is 6.50. The average molecular weight is 278 g/mol. The number of halogens is 1. The summed E-state index contributed by atoms with van der Waals surface area (Å²) in [5.74, 6) is 0.422. The molecular formula is C15H20ClN3. The number of aromatic nitrogens is 2. The molecule has 0 atom stereocenters. The molecule has 102 valence electrons. The molecule has 1 heterocycles. The van der Waals surface area contributed by atoms with E-state index in [0.717, 1.165) is 28.5 Å². The van der Waals surface area contributed by atoms with Gasteiger partial charge in [-0.15, -0.1) is 0 Å². The highest BCUT2D eigenvalue weighted by molar-refractivity contribution is 6.33. The monoisotopic (exact) mass is 277 g/mol. The van der Waals surface area contributed by atoms with Crippen molar-refractivity contribution < 1.29 is 0 Å². The second-order valence-electron chi connectivity index (χ2n) is 5.15. The summed E-state index contributed by atoms with van der Waals surface area (Å²) in [4.78, 5) is 0. The standard InChI is InChI=1S/C15H20ClN3/c1-10(2)14-12(9-19(4)18-14)8-17-15-11(3)6-5-7-13(15)16/h5-7,9-10,17H,8H2,1-4H3. The predicted molar refractivity (Wildman–Crippen MR) is 80.8 cm³/mol. The second kappa shape index (κ2) is 5.66. The van der Waals surface area contributed by atoms with E-state index in [1.807, 2.05) is 23.9 Å². The molecule has 0 bridgehead atoms. The van der Waals surface area contributed by atoms with E-state index in [9.17, 15) is 0 Å². The Morgan fingerprint density at radius 3 is 2.74 bits per heavy atom. The lowest BCUT2D eigenvalue weighted by molar-refractivity contribution is 0.712. The molecule has 3 nitrogen and oxygen atoms in total. The van der Waals surface area contributed by atoms with Gasteiger partial charge in [0.05, 0.1) is 16.4 Å². The third-order valence-corrected chi connectivity index (χ3v) is 3.48. The van der Waals surface area contributed by atoms with Crippen LogP contribution in [0.2, 0.25) is 5.02 Å². The molecule has 0 spiro atoms. The van der Waals surface area contributed by atoms with Crippen molar-refractivity contribution in [2.45, 2.75) is 33.2 Å². The number of hydrogen-bond donors (Lipinski definition) is 1. The molecule has 0 radical (unpaired) electrons. The van der Waals surface area contributed by atoms with Crippen LogP contribution in [0, 0.1) is 6.92 Å². The van der Waals surface area contributed by atoms with Gasteiger partial charge in [-0.1, -0.05) is 37.6 Å². The lowest BCUT2D eigenvalue weighted by atomic mass is 10.1. The van der Waals surface area contributed by atoms with E-state index < -0.39 is 0 Å². The van der Waals surface area contributed by atoms with Gasteiger partial charge in [0.2, 0.25) is 0 Å². The summed E-state index contributed by atoms with van der Waals surface area (Å²) in [6.07, 6.45) is 2.06. The Balaban J connectivity index is 2.19. The first kappa shape index (κ1) is 13.9. The van der Waals surface area contributed by atoms with Gasteiger partial charge in [0.15, 0.2) is 0 Å². The normalized spacial score (nSPS) is 11.1. The minimum Gasteiger partial charge on any atom is -0.379 e. The molecule has 19 heavy (non-hydrogen) atoms. The predicted octanol–water partition coefficient (Wildman–Crippen LogP) is 4.12. The zero-order valence-electron chi connectivity index (χ0n) is 11.9. The van der Waals surface area contributed by atoms with Gasteiger partial charge >= 0.3 is 0 Å². The smallest absolute Gasteiger partial charge is 0.0699 e. The summed E-state index contributed by atoms with van der Waals surface area (Å²) < 4.78 is 1.87. The molecule has 0 aliphatic carbocycles. The molecule has 0 aliphatic heterocycles. The van der Waals surface area contributed by atoms with Crippen molar-refractivity contribution in [1.29, 1.82) is 0 Å². The van der Waals surface area contributed by atoms with Crippen LogP contribution in [-0.2, 0) is 13.6 Å². The van der Waals surface area contributed by atoms with E-state index in [1.165, 1.54) is 5.56 Å². The van der Waals surface area contributed by atoms with E-state index in [1.54, 1.807) is 0 Å². The number of nitrogens with zero attached hydrogens (tertiary/aromatic N) is 2. The molecule has 0 amide bonds. The SMILES string of the molecule is Cc1cccc(Cl)c1NCc1cn(C)nc1C(C)C. The van der Waals surface area contributed by atoms with E-state index >= 15 is 0 Å². The molecule has 0 saturated heterocycles. The maximum atomic E-state index is 6.22. The first-order chi connectivity index (χ1) is 8.99. The highest BCUT2D eigenvalue weighted by atomic mass is 35.5. The number of benzene rings is 1. The van der Waals surface area contributed by atoms with Crippen molar-refractivity contribution >= 4 is 17.3 Å². The van der Waals surface area contributed by atoms with Crippen LogP contribution in [0.1, 0.15) is 36.6 Å². The molecule has 1 aromatic heterocycles. The van der Waals surface area contributed by atoms with Crippen LogP contribution >= 0.6 is 11.6 Å². The van der Waals surface area contributed by atoms with Crippen LogP contribution in [0.25, 0.3) is 0 Å². The minimum atomic E-state index is 0.422. The molecule has 4 heteroatoms. The zero-order chi connectivity index (χ0) is 14.0. The fraction of sp³-hybridized carbons (Fsp3) is 0.400. The molecule has 2 rings (SSSR count). The van der Waals surface area contributed by atoms with Crippen LogP contribution in [0.5, 0.6) is 0 Å². The molecule has 0 aliphatic rings. The van der Waals surface area contributed by atoms with E-state index in [-0.39, 0.29) is 0 Å². The second-order valence-corrected chi connectivity index (χ2v) is 5.56. The van der Waals surface area contributed by atoms with Crippen molar-refractivity contribution in [2.75, 3.05) is 5.32 Å². The van der Waals surface area contributed by atoms with Gasteiger partial charge in [-0.25, -0.2) is 0 Å². The topological polar surface area (TPSA) is 29.9 Å². The quantitative estimate of drug-likeness (QED) is 0.911. The van der Waals surface area contributed by atoms with Crippen molar-refractivity contribution in [3.8, 4) is 0 Å². The lowest BCUT2D eigenvalue weighted by Gasteiger charge is -2.12. The van der Waals surface area contributed by atoms with Crippen molar-refractivity contribution in [2.24, 2.45) is 7.05 Å². The number of rotatable bonds is 4. The van der Waals surface area contributed by atoms with Crippen molar-refractivity contribution in [3.63, 3.8) is 0 Å². The van der Waals surface area contributed by atoms with Crippen molar-refractivity contribution in [3.05, 3.63) is 46.2 Å². The maximum Gasteiger partial charge on any atom is 0.0699 e. The molecule has 1 aromatic carbocycles. The van der Waals surface area contributed by atoms with Gasteiger partial charge in [-0.05, 0) is 24.5 Å². The van der Waals surface area contributed by atoms with Gasteiger partial charge in [-0.2, -0.15) is 5.10 Å². The molecule has 0 unspecified atom stereocenters. The van der Waals surface area contributed by atoms with E-state index in [4.69, 9.17) is 11.6 Å². The Hall–Kier alpha value is -1.48. The number of aryl methyl sites for hydroxylation is 2. The minimum absolute atomic E-state index is 0.422. The molecular weight excluding hydrogens is 258 g/mol. The van der Waals surface area contributed by atoms with Gasteiger partial charge in [0, 0.05) is 25.4 Å². The highest BCUT2D eigenvalue weighted by Crippen LogP contribution is 2.26. The lowest BCUT2D eigenvalue weighted by Crippen LogP contribution is -2.04. The fourth-order valence-electron chi connectivity index (χ4n) is 2.22. The number of para-hydroxylation sites is 1. The number of hydrogen-bond acceptors (Lipinski definition) is 2. The van der Waals surface area contributed by atoms with Gasteiger partial charge in [-0.3, -0.25) is 4.68 Å². The fourth-order valence-corrected chi connectivity index (χ4v) is 2.51. The third kappa shape index (κ3) is 3.10. The van der Waals surface area contributed by atoms with Gasteiger partial charge < -0.3 is 5.32 Å². The summed E-state index contributed by atoms with van der Waals surface area (Å²) in [6.45, 7) is 7.12. The highest BCUT2D eigenvalue weighted by Gasteiger charge is 2.12. The Bertz CT molecular complexity index is 553. The number of nitrogens with one attached hydrogen (secondary N) is 1. The van der Waals surface area contributed by atoms with Gasteiger partial charge in [0.25, 0.3) is 0 Å². The molecule has 0 saturated carbocycles. The average Bonchev–Trinajstić information content (AvgIpc) is 2.70. The Morgan fingerprint density at radius 1 is 1.37 bits per heavy atom. The zero-order valence-corrected chi connectivity index (χ0v) is 12.6. The molecule has 1 N–H and O–H groups in total. The van der Waals surface area contributed by atoms with E-state index in [2.05, 4.69) is 43.4 Å². The number of anilines is 1. The van der Waals surface area contributed by atoms with E-state index in [0.29, 0.717) is 5.92 Å².